The predicted molar refractivity (Wildman–Crippen MR) is 212 cm³/mol. The average molecular weight is 738 g/mol. The van der Waals surface area contributed by atoms with E-state index in [1.165, 1.54) is 0 Å². The van der Waals surface area contributed by atoms with Crippen LogP contribution in [0, 0.1) is 11.3 Å². The first-order valence-electron chi connectivity index (χ1n) is 19.1. The number of hydrogen-bond acceptors (Lipinski definition) is 10. The molecule has 0 radical (unpaired) electrons. The van der Waals surface area contributed by atoms with Gasteiger partial charge in [0, 0.05) is 48.9 Å². The van der Waals surface area contributed by atoms with Gasteiger partial charge in [-0.05, 0) is 55.9 Å². The van der Waals surface area contributed by atoms with E-state index in [-0.39, 0.29) is 24.6 Å². The summed E-state index contributed by atoms with van der Waals surface area (Å²) in [4.78, 5) is 32.0. The molecular formula is C44H47N7O4. The van der Waals surface area contributed by atoms with Crippen LogP contribution in [-0.4, -0.2) is 84.3 Å². The maximum atomic E-state index is 13.3. The maximum absolute atomic E-state index is 13.3. The molecule has 2 fully saturated rings. The molecule has 8 rings (SSSR count). The van der Waals surface area contributed by atoms with Crippen molar-refractivity contribution in [2.45, 2.75) is 57.0 Å². The molecule has 0 unspecified atom stereocenters. The lowest BCUT2D eigenvalue weighted by atomic mass is 10.0. The molecule has 1 aliphatic carbocycles. The molecule has 4 aromatic carbocycles. The minimum absolute atomic E-state index is 0.00576. The van der Waals surface area contributed by atoms with Crippen molar-refractivity contribution < 1.29 is 19.0 Å². The number of carbonyl (C=O) groups excluding carboxylic acids is 1. The highest BCUT2D eigenvalue weighted by Gasteiger charge is 2.46. The van der Waals surface area contributed by atoms with Gasteiger partial charge in [0.15, 0.2) is 0 Å². The second-order valence-electron chi connectivity index (χ2n) is 15.0. The summed E-state index contributed by atoms with van der Waals surface area (Å²) in [5, 5.41) is 12.1. The number of hydrogen-bond donors (Lipinski definition) is 0. The van der Waals surface area contributed by atoms with Gasteiger partial charge in [-0.2, -0.15) is 15.2 Å². The van der Waals surface area contributed by atoms with Crippen molar-refractivity contribution in [3.63, 3.8) is 0 Å². The third-order valence-electron chi connectivity index (χ3n) is 11.2. The molecule has 55 heavy (non-hydrogen) atoms. The summed E-state index contributed by atoms with van der Waals surface area (Å²) in [6.07, 6.45) is 2.63. The molecule has 0 bridgehead atoms. The van der Waals surface area contributed by atoms with E-state index in [1.54, 1.807) is 4.90 Å². The number of anilines is 2. The van der Waals surface area contributed by atoms with Crippen LogP contribution < -0.4 is 19.3 Å². The molecule has 3 heterocycles. The molecule has 1 atom stereocenters. The van der Waals surface area contributed by atoms with Gasteiger partial charge in [0.25, 0.3) is 0 Å². The second-order valence-corrected chi connectivity index (χ2v) is 15.0. The maximum Gasteiger partial charge on any atom is 0.410 e. The first-order valence-corrected chi connectivity index (χ1v) is 19.1. The van der Waals surface area contributed by atoms with Crippen LogP contribution in [0.25, 0.3) is 10.8 Å². The minimum Gasteiger partial charge on any atom is -0.489 e. The van der Waals surface area contributed by atoms with Crippen molar-refractivity contribution in [2.75, 3.05) is 56.7 Å². The molecule has 282 valence electrons. The zero-order valence-electron chi connectivity index (χ0n) is 31.6. The fourth-order valence-corrected chi connectivity index (χ4v) is 7.70. The first kappa shape index (κ1) is 36.1. The van der Waals surface area contributed by atoms with Gasteiger partial charge in [0.2, 0.25) is 0 Å². The van der Waals surface area contributed by atoms with Crippen LogP contribution in [0.2, 0.25) is 0 Å². The lowest BCUT2D eigenvalue weighted by Gasteiger charge is -2.42. The number of amides is 1. The number of nitriles is 1. The van der Waals surface area contributed by atoms with Crippen LogP contribution in [0.5, 0.6) is 11.8 Å². The molecule has 11 nitrogen and oxygen atoms in total. The zero-order chi connectivity index (χ0) is 37.8. The molecule has 2 aliphatic heterocycles. The van der Waals surface area contributed by atoms with E-state index in [0.29, 0.717) is 45.4 Å². The summed E-state index contributed by atoms with van der Waals surface area (Å²) in [6, 6.07) is 34.8. The summed E-state index contributed by atoms with van der Waals surface area (Å²) in [5.41, 5.74) is 5.12. The van der Waals surface area contributed by atoms with Gasteiger partial charge in [-0.1, -0.05) is 84.9 Å². The largest absolute Gasteiger partial charge is 0.489 e. The second kappa shape index (κ2) is 15.9. The highest BCUT2D eigenvalue weighted by molar-refractivity contribution is 5.96. The van der Waals surface area contributed by atoms with Crippen molar-refractivity contribution in [2.24, 2.45) is 0 Å². The van der Waals surface area contributed by atoms with E-state index in [1.807, 2.05) is 48.5 Å². The Morgan fingerprint density at radius 2 is 1.60 bits per heavy atom. The van der Waals surface area contributed by atoms with E-state index in [4.69, 9.17) is 24.2 Å². The van der Waals surface area contributed by atoms with Crippen LogP contribution >= 0.6 is 0 Å². The minimum atomic E-state index is -0.409. The van der Waals surface area contributed by atoms with Gasteiger partial charge in [-0.15, -0.1) is 0 Å². The summed E-state index contributed by atoms with van der Waals surface area (Å²) < 4.78 is 18.5. The average Bonchev–Trinajstić information content (AvgIpc) is 4.03. The molecule has 1 aromatic heterocycles. The Labute approximate surface area is 322 Å². The van der Waals surface area contributed by atoms with E-state index < -0.39 is 6.09 Å². The number of nitrogens with zero attached hydrogens (tertiary/aromatic N) is 7. The highest BCUT2D eigenvalue weighted by atomic mass is 16.6. The number of rotatable bonds is 12. The summed E-state index contributed by atoms with van der Waals surface area (Å²) >= 11 is 0. The molecule has 1 saturated heterocycles. The lowest BCUT2D eigenvalue weighted by molar-refractivity contribution is 0.0767. The van der Waals surface area contributed by atoms with Crippen LogP contribution in [0.3, 0.4) is 0 Å². The van der Waals surface area contributed by atoms with Crippen molar-refractivity contribution in [1.29, 1.82) is 5.26 Å². The molecule has 0 N–H and O–H groups in total. The summed E-state index contributed by atoms with van der Waals surface area (Å²) in [6.45, 7) is 3.90. The van der Waals surface area contributed by atoms with Gasteiger partial charge < -0.3 is 33.8 Å². The van der Waals surface area contributed by atoms with E-state index in [0.717, 1.165) is 76.2 Å². The normalized spacial score (nSPS) is 17.4. The number of piperazine rings is 1. The van der Waals surface area contributed by atoms with Gasteiger partial charge in [-0.25, -0.2) is 4.79 Å². The number of aromatic nitrogens is 2. The number of carbonyl (C=O) groups is 1. The van der Waals surface area contributed by atoms with Gasteiger partial charge in [-0.3, -0.25) is 0 Å². The van der Waals surface area contributed by atoms with Crippen molar-refractivity contribution in [3.8, 4) is 17.8 Å². The molecular weight excluding hydrogens is 691 g/mol. The quantitative estimate of drug-likeness (QED) is 0.133. The van der Waals surface area contributed by atoms with Crippen molar-refractivity contribution in [1.82, 2.24) is 19.8 Å². The van der Waals surface area contributed by atoms with Crippen LogP contribution in [0.15, 0.2) is 97.1 Å². The van der Waals surface area contributed by atoms with Crippen LogP contribution in [-0.2, 0) is 30.9 Å². The SMILES string of the molecule is CN(C)C1(COc2nc3c(c(N4CCN(C(=O)OCc5ccccc5)[C@@H](CC#N)C4)n2)CCN(c2cc(OCc4ccccc4)cc4ccccc24)C3)CC1. The van der Waals surface area contributed by atoms with Gasteiger partial charge in [0.1, 0.15) is 31.4 Å². The third-order valence-corrected chi connectivity index (χ3v) is 11.2. The van der Waals surface area contributed by atoms with Gasteiger partial charge in [0.05, 0.1) is 36.3 Å². The molecule has 3 aliphatic rings. The Hall–Kier alpha value is -5.86. The monoisotopic (exact) mass is 737 g/mol. The molecule has 5 aromatic rings. The van der Waals surface area contributed by atoms with E-state index in [2.05, 4.69) is 83.4 Å². The molecule has 11 heteroatoms. The predicted octanol–water partition coefficient (Wildman–Crippen LogP) is 6.99. The highest BCUT2D eigenvalue weighted by Crippen LogP contribution is 2.41. The number of likely N-dealkylation sites (N-methyl/N-ethyl adjacent to an activating group) is 1. The van der Waals surface area contributed by atoms with E-state index in [9.17, 15) is 10.1 Å². The van der Waals surface area contributed by atoms with E-state index >= 15 is 0 Å². The Kier molecular flexibility index (Phi) is 10.4. The number of fused-ring (bicyclic) bond motifs is 2. The lowest BCUT2D eigenvalue weighted by Crippen LogP contribution is -2.55. The number of ether oxygens (including phenoxy) is 3. The Bertz CT molecular complexity index is 2170. The van der Waals surface area contributed by atoms with Crippen LogP contribution in [0.1, 0.15) is 41.6 Å². The summed E-state index contributed by atoms with van der Waals surface area (Å²) in [7, 11) is 4.18. The third kappa shape index (κ3) is 8.01. The van der Waals surface area contributed by atoms with Crippen molar-refractivity contribution in [3.05, 3.63) is 119 Å². The topological polar surface area (TPSA) is 107 Å². The van der Waals surface area contributed by atoms with Crippen LogP contribution in [0.4, 0.5) is 16.3 Å². The molecule has 1 amide bonds. The van der Waals surface area contributed by atoms with Crippen molar-refractivity contribution >= 4 is 28.4 Å². The fourth-order valence-electron chi connectivity index (χ4n) is 7.70. The Morgan fingerprint density at radius 1 is 0.873 bits per heavy atom. The smallest absolute Gasteiger partial charge is 0.410 e. The van der Waals surface area contributed by atoms with Gasteiger partial charge >= 0.3 is 12.1 Å². The Balaban J connectivity index is 1.07. The summed E-state index contributed by atoms with van der Waals surface area (Å²) in [5.74, 6) is 1.64. The standard InChI is InChI=1S/C44H47N7O4/c1-48(2)44(19-20-44)31-55-42-46-39-28-49(40-26-36(25-34-15-9-10-16-37(34)40)53-29-32-11-5-3-6-12-32)22-18-38(39)41(47-42)50-23-24-51(35(27-50)17-21-45)43(52)54-30-33-13-7-4-8-14-33/h3-16,25-26,35H,17-20,22-24,27-31H2,1-2H3/t35-/m0/s1. The molecule has 1 saturated carbocycles. The number of benzene rings is 4. The first-order chi connectivity index (χ1) is 26.9. The fraction of sp³-hybridized carbons (Fsp3) is 0.364. The Morgan fingerprint density at radius 3 is 2.33 bits per heavy atom. The zero-order valence-corrected chi connectivity index (χ0v) is 31.6. The molecule has 0 spiro atoms.